The molecule has 0 aliphatic carbocycles. The van der Waals surface area contributed by atoms with Crippen molar-refractivity contribution < 1.29 is 5.11 Å². The van der Waals surface area contributed by atoms with Crippen molar-refractivity contribution in [2.24, 2.45) is 5.84 Å². The number of aliphatic hydroxyl groups excluding tert-OH is 1. The van der Waals surface area contributed by atoms with Crippen LogP contribution >= 0.6 is 11.8 Å². The van der Waals surface area contributed by atoms with Gasteiger partial charge in [0.15, 0.2) is 5.82 Å². The van der Waals surface area contributed by atoms with E-state index in [2.05, 4.69) is 15.4 Å². The second-order valence-electron chi connectivity index (χ2n) is 4.04. The van der Waals surface area contributed by atoms with E-state index in [9.17, 15) is 0 Å². The van der Waals surface area contributed by atoms with Gasteiger partial charge < -0.3 is 10.5 Å². The summed E-state index contributed by atoms with van der Waals surface area (Å²) in [6.07, 6.45) is 0. The van der Waals surface area contributed by atoms with Crippen molar-refractivity contribution in [3.63, 3.8) is 0 Å². The molecule has 2 rings (SSSR count). The molecule has 1 heterocycles. The van der Waals surface area contributed by atoms with Gasteiger partial charge in [0.25, 0.3) is 0 Å². The number of nitrogen functional groups attached to an aromatic ring is 1. The van der Waals surface area contributed by atoms with Gasteiger partial charge >= 0.3 is 0 Å². The van der Waals surface area contributed by atoms with Crippen molar-refractivity contribution >= 4 is 17.6 Å². The van der Waals surface area contributed by atoms with Crippen molar-refractivity contribution in [1.82, 2.24) is 9.97 Å². The fraction of sp³-hybridized carbons (Fsp3) is 0.231. The second kappa shape index (κ2) is 6.51. The summed E-state index contributed by atoms with van der Waals surface area (Å²) in [5.74, 6) is 6.60. The average molecular weight is 276 g/mol. The van der Waals surface area contributed by atoms with Crippen LogP contribution in [-0.4, -0.2) is 26.9 Å². The number of hydrogen-bond acceptors (Lipinski definition) is 6. The Morgan fingerprint density at radius 2 is 2.05 bits per heavy atom. The molecule has 4 N–H and O–H groups in total. The molecule has 0 saturated heterocycles. The number of hydrogen-bond donors (Lipinski definition) is 3. The van der Waals surface area contributed by atoms with Gasteiger partial charge in [-0.3, -0.25) is 0 Å². The van der Waals surface area contributed by atoms with Crippen LogP contribution in [0.5, 0.6) is 0 Å². The van der Waals surface area contributed by atoms with Crippen LogP contribution in [0.1, 0.15) is 6.92 Å². The first kappa shape index (κ1) is 13.8. The van der Waals surface area contributed by atoms with Crippen LogP contribution in [0.15, 0.2) is 41.4 Å². The van der Waals surface area contributed by atoms with Gasteiger partial charge in [-0.2, -0.15) is 0 Å². The summed E-state index contributed by atoms with van der Waals surface area (Å²) in [6, 6.07) is 11.5. The molecule has 0 bridgehead atoms. The van der Waals surface area contributed by atoms with Crippen molar-refractivity contribution in [3.8, 4) is 11.4 Å². The summed E-state index contributed by atoms with van der Waals surface area (Å²) >= 11 is 1.49. The SMILES string of the molecule is CC(CO)Sc1cc(NN)nc(-c2ccccc2)n1. The zero-order valence-corrected chi connectivity index (χ0v) is 11.4. The number of nitrogens with two attached hydrogens (primary N) is 1. The number of rotatable bonds is 5. The Morgan fingerprint density at radius 3 is 2.68 bits per heavy atom. The molecule has 0 amide bonds. The molecule has 19 heavy (non-hydrogen) atoms. The fourth-order valence-corrected chi connectivity index (χ4v) is 2.32. The van der Waals surface area contributed by atoms with Gasteiger partial charge in [-0.25, -0.2) is 15.8 Å². The highest BCUT2D eigenvalue weighted by Gasteiger charge is 2.09. The average Bonchev–Trinajstić information content (AvgIpc) is 2.47. The summed E-state index contributed by atoms with van der Waals surface area (Å²) in [6.45, 7) is 2.03. The van der Waals surface area contributed by atoms with Crippen LogP contribution in [0.25, 0.3) is 11.4 Å². The highest BCUT2D eigenvalue weighted by Crippen LogP contribution is 2.25. The van der Waals surface area contributed by atoms with Gasteiger partial charge in [0.2, 0.25) is 0 Å². The van der Waals surface area contributed by atoms with Gasteiger partial charge in [0, 0.05) is 16.9 Å². The number of anilines is 1. The highest BCUT2D eigenvalue weighted by atomic mass is 32.2. The van der Waals surface area contributed by atoms with Crippen molar-refractivity contribution in [1.29, 1.82) is 0 Å². The number of thioether (sulfide) groups is 1. The predicted octanol–water partition coefficient (Wildman–Crippen LogP) is 1.90. The molecule has 1 aromatic heterocycles. The maximum absolute atomic E-state index is 9.10. The summed E-state index contributed by atoms with van der Waals surface area (Å²) in [4.78, 5) is 8.82. The lowest BCUT2D eigenvalue weighted by Crippen LogP contribution is -2.10. The third-order valence-electron chi connectivity index (χ3n) is 2.46. The molecule has 0 spiro atoms. The van der Waals surface area contributed by atoms with Crippen molar-refractivity contribution in [3.05, 3.63) is 36.4 Å². The predicted molar refractivity (Wildman–Crippen MR) is 77.7 cm³/mol. The molecule has 0 radical (unpaired) electrons. The topological polar surface area (TPSA) is 84.1 Å². The summed E-state index contributed by atoms with van der Waals surface area (Å²) in [5, 5.41) is 9.96. The van der Waals surface area contributed by atoms with Crippen LogP contribution in [0.2, 0.25) is 0 Å². The first-order valence-corrected chi connectivity index (χ1v) is 6.79. The number of aromatic nitrogens is 2. The van der Waals surface area contributed by atoms with Gasteiger partial charge in [-0.1, -0.05) is 37.3 Å². The van der Waals surface area contributed by atoms with Gasteiger partial charge in [-0.15, -0.1) is 11.8 Å². The maximum atomic E-state index is 9.10. The molecule has 0 aliphatic rings. The van der Waals surface area contributed by atoms with Crippen LogP contribution in [0, 0.1) is 0 Å². The maximum Gasteiger partial charge on any atom is 0.162 e. The molecular weight excluding hydrogens is 260 g/mol. The Balaban J connectivity index is 2.36. The number of nitrogens with one attached hydrogen (secondary N) is 1. The van der Waals surface area contributed by atoms with E-state index in [4.69, 9.17) is 10.9 Å². The van der Waals surface area contributed by atoms with E-state index in [0.717, 1.165) is 10.6 Å². The molecule has 1 atom stereocenters. The molecule has 1 unspecified atom stereocenters. The minimum atomic E-state index is 0.0733. The summed E-state index contributed by atoms with van der Waals surface area (Å²) in [5.41, 5.74) is 3.47. The van der Waals surface area contributed by atoms with Gasteiger partial charge in [0.05, 0.1) is 6.61 Å². The minimum Gasteiger partial charge on any atom is -0.395 e. The van der Waals surface area contributed by atoms with E-state index in [1.807, 2.05) is 37.3 Å². The third kappa shape index (κ3) is 3.66. The molecule has 0 aliphatic heterocycles. The standard InChI is InChI=1S/C13H16N4OS/c1-9(8-18)19-12-7-11(17-14)15-13(16-12)10-5-3-2-4-6-10/h2-7,9,18H,8,14H2,1H3,(H,15,16,17). The van der Waals surface area contributed by atoms with Gasteiger partial charge in [0.1, 0.15) is 10.8 Å². The Bertz CT molecular complexity index is 535. The quantitative estimate of drug-likeness (QED) is 0.335. The Morgan fingerprint density at radius 1 is 1.32 bits per heavy atom. The van der Waals surface area contributed by atoms with E-state index in [1.165, 1.54) is 11.8 Å². The first-order chi connectivity index (χ1) is 9.22. The molecule has 1 aromatic carbocycles. The molecule has 100 valence electrons. The monoisotopic (exact) mass is 276 g/mol. The normalized spacial score (nSPS) is 12.2. The Kier molecular flexibility index (Phi) is 4.73. The fourth-order valence-electron chi connectivity index (χ4n) is 1.52. The largest absolute Gasteiger partial charge is 0.395 e. The van der Waals surface area contributed by atoms with Crippen LogP contribution in [0.3, 0.4) is 0 Å². The first-order valence-electron chi connectivity index (χ1n) is 5.91. The lowest BCUT2D eigenvalue weighted by Gasteiger charge is -2.10. The molecular formula is C13H16N4OS. The smallest absolute Gasteiger partial charge is 0.162 e. The number of aliphatic hydroxyl groups is 1. The number of benzene rings is 1. The third-order valence-corrected chi connectivity index (χ3v) is 3.46. The minimum absolute atomic E-state index is 0.0733. The zero-order valence-electron chi connectivity index (χ0n) is 10.6. The molecule has 0 saturated carbocycles. The molecule has 5 nitrogen and oxygen atoms in total. The Hall–Kier alpha value is -1.63. The van der Waals surface area contributed by atoms with Crippen LogP contribution < -0.4 is 11.3 Å². The van der Waals surface area contributed by atoms with Crippen molar-refractivity contribution in [2.45, 2.75) is 17.2 Å². The molecule has 2 aromatic rings. The van der Waals surface area contributed by atoms with Crippen LogP contribution in [0.4, 0.5) is 5.82 Å². The van der Waals surface area contributed by atoms with E-state index in [0.29, 0.717) is 11.6 Å². The lowest BCUT2D eigenvalue weighted by molar-refractivity contribution is 0.300. The van der Waals surface area contributed by atoms with E-state index in [-0.39, 0.29) is 11.9 Å². The summed E-state index contributed by atoms with van der Waals surface area (Å²) in [7, 11) is 0. The molecule has 0 fully saturated rings. The number of nitrogens with zero attached hydrogens (tertiary/aromatic N) is 2. The van der Waals surface area contributed by atoms with E-state index < -0.39 is 0 Å². The lowest BCUT2D eigenvalue weighted by atomic mass is 10.2. The highest BCUT2D eigenvalue weighted by molar-refractivity contribution is 7.99. The second-order valence-corrected chi connectivity index (χ2v) is 5.50. The van der Waals surface area contributed by atoms with Crippen LogP contribution in [-0.2, 0) is 0 Å². The summed E-state index contributed by atoms with van der Waals surface area (Å²) < 4.78 is 0. The van der Waals surface area contributed by atoms with E-state index >= 15 is 0 Å². The zero-order chi connectivity index (χ0) is 13.7. The molecule has 6 heteroatoms. The Labute approximate surface area is 116 Å². The number of hydrazine groups is 1. The van der Waals surface area contributed by atoms with Crippen molar-refractivity contribution in [2.75, 3.05) is 12.0 Å². The van der Waals surface area contributed by atoms with E-state index in [1.54, 1.807) is 6.07 Å². The van der Waals surface area contributed by atoms with Gasteiger partial charge in [-0.05, 0) is 0 Å².